The average molecular weight is 407 g/mol. The first-order valence-electron chi connectivity index (χ1n) is 9.33. The molecular weight excluding hydrogens is 384 g/mol. The molecule has 150 valence electrons. The van der Waals surface area contributed by atoms with E-state index in [0.717, 1.165) is 38.0 Å². The van der Waals surface area contributed by atoms with Gasteiger partial charge in [0.25, 0.3) is 0 Å². The smallest absolute Gasteiger partial charge is 0.229 e. The molecule has 4 rings (SSSR count). The third-order valence-corrected chi connectivity index (χ3v) is 5.33. The van der Waals surface area contributed by atoms with Gasteiger partial charge in [0.05, 0.1) is 56.5 Å². The Labute approximate surface area is 167 Å². The van der Waals surface area contributed by atoms with Gasteiger partial charge >= 0.3 is 0 Å². The Morgan fingerprint density at radius 3 is 2.89 bits per heavy atom. The molecule has 1 saturated carbocycles. The van der Waals surface area contributed by atoms with Crippen molar-refractivity contribution in [2.75, 3.05) is 41.9 Å². The Balaban J connectivity index is 1.45. The first-order valence-corrected chi connectivity index (χ1v) is 9.71. The molecule has 2 aliphatic rings. The second-order valence-corrected chi connectivity index (χ2v) is 7.33. The van der Waals surface area contributed by atoms with Crippen LogP contribution in [0, 0.1) is 5.92 Å². The van der Waals surface area contributed by atoms with Gasteiger partial charge in [-0.2, -0.15) is 14.9 Å². The predicted octanol–water partition coefficient (Wildman–Crippen LogP) is 1.10. The van der Waals surface area contributed by atoms with E-state index in [0.29, 0.717) is 30.0 Å². The number of hydrogen-bond acceptors (Lipinski definition) is 8. The van der Waals surface area contributed by atoms with E-state index in [1.807, 2.05) is 6.20 Å². The fraction of sp³-hybridized carbons (Fsp3) is 0.529. The van der Waals surface area contributed by atoms with E-state index in [-0.39, 0.29) is 17.9 Å². The van der Waals surface area contributed by atoms with Crippen molar-refractivity contribution in [3.63, 3.8) is 0 Å². The molecule has 10 nitrogen and oxygen atoms in total. The van der Waals surface area contributed by atoms with Crippen LogP contribution in [0.5, 0.6) is 0 Å². The van der Waals surface area contributed by atoms with Crippen molar-refractivity contribution in [3.05, 3.63) is 23.6 Å². The number of carbonyl (C=O) groups excluding carboxylic acids is 1. The van der Waals surface area contributed by atoms with Crippen molar-refractivity contribution in [3.8, 4) is 0 Å². The molecule has 2 fully saturated rings. The zero-order valence-corrected chi connectivity index (χ0v) is 16.1. The van der Waals surface area contributed by atoms with Gasteiger partial charge in [-0.05, 0) is 12.8 Å². The maximum atomic E-state index is 11.6. The number of amides is 1. The van der Waals surface area contributed by atoms with E-state index in [4.69, 9.17) is 22.1 Å². The van der Waals surface area contributed by atoms with Crippen LogP contribution in [0.1, 0.15) is 19.3 Å². The van der Waals surface area contributed by atoms with Crippen molar-refractivity contribution in [1.29, 1.82) is 0 Å². The van der Waals surface area contributed by atoms with Crippen LogP contribution in [0.15, 0.2) is 18.6 Å². The SMILES string of the molecule is NC(=O)[C@H]1CCC[C@H]1Nc1nc(Nc2cnn(N3CCOCC3)c2)ncc1Cl. The molecule has 0 spiro atoms. The molecule has 1 aliphatic carbocycles. The molecule has 2 atom stereocenters. The Bertz CT molecular complexity index is 838. The predicted molar refractivity (Wildman–Crippen MR) is 105 cm³/mol. The Morgan fingerprint density at radius 1 is 1.29 bits per heavy atom. The van der Waals surface area contributed by atoms with E-state index >= 15 is 0 Å². The Hall–Kier alpha value is -2.59. The summed E-state index contributed by atoms with van der Waals surface area (Å²) in [6.45, 7) is 2.95. The zero-order valence-electron chi connectivity index (χ0n) is 15.3. The first kappa shape index (κ1) is 18.8. The Kier molecular flexibility index (Phi) is 5.49. The van der Waals surface area contributed by atoms with E-state index in [1.165, 1.54) is 6.20 Å². The van der Waals surface area contributed by atoms with Crippen LogP contribution in [0.2, 0.25) is 5.02 Å². The minimum Gasteiger partial charge on any atom is -0.378 e. The van der Waals surface area contributed by atoms with E-state index in [2.05, 4.69) is 30.7 Å². The van der Waals surface area contributed by atoms with E-state index in [1.54, 1.807) is 11.0 Å². The van der Waals surface area contributed by atoms with Crippen LogP contribution >= 0.6 is 11.6 Å². The quantitative estimate of drug-likeness (QED) is 0.651. The standard InChI is InChI=1S/C17H23ClN8O2/c18-13-9-20-17(24-16(13)23-14-3-1-2-12(14)15(19)27)22-11-8-21-26(10-11)25-4-6-28-7-5-25/h8-10,12,14H,1-7H2,(H2,19,27)(H2,20,22,23,24)/t12-,14+/m0/s1. The molecule has 0 aromatic carbocycles. The molecule has 3 heterocycles. The molecule has 2 aromatic rings. The lowest BCUT2D eigenvalue weighted by Crippen LogP contribution is -2.44. The molecule has 0 radical (unpaired) electrons. The molecule has 1 aliphatic heterocycles. The van der Waals surface area contributed by atoms with Gasteiger partial charge in [0.1, 0.15) is 5.02 Å². The van der Waals surface area contributed by atoms with Gasteiger partial charge in [-0.15, -0.1) is 0 Å². The molecule has 28 heavy (non-hydrogen) atoms. The lowest BCUT2D eigenvalue weighted by atomic mass is 10.0. The highest BCUT2D eigenvalue weighted by Gasteiger charge is 2.32. The average Bonchev–Trinajstić information content (AvgIpc) is 3.35. The van der Waals surface area contributed by atoms with Crippen molar-refractivity contribution in [2.45, 2.75) is 25.3 Å². The minimum absolute atomic E-state index is 0.0678. The summed E-state index contributed by atoms with van der Waals surface area (Å²) in [4.78, 5) is 22.1. The number of carbonyl (C=O) groups is 1. The van der Waals surface area contributed by atoms with Crippen LogP contribution in [-0.4, -0.2) is 58.1 Å². The third kappa shape index (κ3) is 4.12. The molecule has 1 amide bonds. The molecular formula is C17H23ClN8O2. The highest BCUT2D eigenvalue weighted by atomic mass is 35.5. The maximum Gasteiger partial charge on any atom is 0.229 e. The summed E-state index contributed by atoms with van der Waals surface area (Å²) in [6.07, 6.45) is 7.68. The minimum atomic E-state index is -0.297. The number of halogens is 1. The number of primary amides is 1. The summed E-state index contributed by atoms with van der Waals surface area (Å²) in [7, 11) is 0. The normalized spacial score (nSPS) is 22.2. The van der Waals surface area contributed by atoms with Crippen LogP contribution in [0.3, 0.4) is 0 Å². The zero-order chi connectivity index (χ0) is 19.5. The van der Waals surface area contributed by atoms with Crippen molar-refractivity contribution in [1.82, 2.24) is 19.9 Å². The topological polar surface area (TPSA) is 123 Å². The number of hydrogen-bond donors (Lipinski definition) is 3. The van der Waals surface area contributed by atoms with Gasteiger partial charge in [-0.1, -0.05) is 18.0 Å². The molecule has 2 aromatic heterocycles. The number of anilines is 3. The number of morpholine rings is 1. The van der Waals surface area contributed by atoms with Crippen molar-refractivity contribution in [2.24, 2.45) is 11.7 Å². The van der Waals surface area contributed by atoms with E-state index < -0.39 is 0 Å². The van der Waals surface area contributed by atoms with Crippen molar-refractivity contribution >= 4 is 35.0 Å². The van der Waals surface area contributed by atoms with Gasteiger partial charge in [-0.3, -0.25) is 9.80 Å². The molecule has 4 N–H and O–H groups in total. The van der Waals surface area contributed by atoms with Crippen LogP contribution < -0.4 is 21.4 Å². The number of rotatable bonds is 6. The maximum absolute atomic E-state index is 11.6. The van der Waals surface area contributed by atoms with E-state index in [9.17, 15) is 4.79 Å². The second-order valence-electron chi connectivity index (χ2n) is 6.92. The number of nitrogens with zero attached hydrogens (tertiary/aromatic N) is 5. The van der Waals surface area contributed by atoms with Gasteiger partial charge in [0.15, 0.2) is 5.82 Å². The lowest BCUT2D eigenvalue weighted by Gasteiger charge is -2.28. The van der Waals surface area contributed by atoms with Crippen LogP contribution in [-0.2, 0) is 9.53 Å². The summed E-state index contributed by atoms with van der Waals surface area (Å²) in [5, 5.41) is 13.2. The summed E-state index contributed by atoms with van der Waals surface area (Å²) in [5.74, 6) is 0.364. The highest BCUT2D eigenvalue weighted by Crippen LogP contribution is 2.30. The first-order chi connectivity index (χ1) is 13.6. The summed E-state index contributed by atoms with van der Waals surface area (Å²) < 4.78 is 5.36. The highest BCUT2D eigenvalue weighted by molar-refractivity contribution is 6.32. The summed E-state index contributed by atoms with van der Waals surface area (Å²) >= 11 is 6.24. The van der Waals surface area contributed by atoms with Gasteiger partial charge < -0.3 is 21.1 Å². The molecule has 0 unspecified atom stereocenters. The molecule has 11 heteroatoms. The van der Waals surface area contributed by atoms with Gasteiger partial charge in [0, 0.05) is 6.04 Å². The van der Waals surface area contributed by atoms with Gasteiger partial charge in [0.2, 0.25) is 11.9 Å². The number of aromatic nitrogens is 4. The summed E-state index contributed by atoms with van der Waals surface area (Å²) in [6, 6.07) is -0.0678. The summed E-state index contributed by atoms with van der Waals surface area (Å²) in [5.41, 5.74) is 6.26. The second kappa shape index (κ2) is 8.19. The van der Waals surface area contributed by atoms with Crippen LogP contribution in [0.4, 0.5) is 17.5 Å². The monoisotopic (exact) mass is 406 g/mol. The lowest BCUT2D eigenvalue weighted by molar-refractivity contribution is -0.121. The van der Waals surface area contributed by atoms with Crippen molar-refractivity contribution < 1.29 is 9.53 Å². The number of nitrogens with one attached hydrogen (secondary N) is 2. The number of ether oxygens (including phenoxy) is 1. The van der Waals surface area contributed by atoms with Gasteiger partial charge in [-0.25, -0.2) is 4.98 Å². The third-order valence-electron chi connectivity index (χ3n) is 5.05. The fourth-order valence-corrected chi connectivity index (χ4v) is 3.74. The van der Waals surface area contributed by atoms with Crippen LogP contribution in [0.25, 0.3) is 0 Å². The fourth-order valence-electron chi connectivity index (χ4n) is 3.60. The Morgan fingerprint density at radius 2 is 2.11 bits per heavy atom. The number of nitrogens with two attached hydrogens (primary N) is 1. The molecule has 1 saturated heterocycles. The largest absolute Gasteiger partial charge is 0.378 e. The molecule has 0 bridgehead atoms.